The number of pyridine rings is 1. The lowest BCUT2D eigenvalue weighted by atomic mass is 9.98. The highest BCUT2D eigenvalue weighted by molar-refractivity contribution is 8.26. The van der Waals surface area contributed by atoms with Crippen molar-refractivity contribution in [2.24, 2.45) is 0 Å². The summed E-state index contributed by atoms with van der Waals surface area (Å²) >= 11 is 6.93. The lowest BCUT2D eigenvalue weighted by Crippen LogP contribution is -2.35. The Kier molecular flexibility index (Phi) is 6.28. The summed E-state index contributed by atoms with van der Waals surface area (Å²) in [4.78, 5) is 4.20. The molecule has 0 fully saturated rings. The third-order valence-electron chi connectivity index (χ3n) is 8.84. The van der Waals surface area contributed by atoms with Crippen LogP contribution in [0.5, 0.6) is 23.0 Å². The highest BCUT2D eigenvalue weighted by Gasteiger charge is 2.43. The first kappa shape index (κ1) is 27.1. The molecule has 218 valence electrons. The minimum absolute atomic E-state index is 0.767. The van der Waals surface area contributed by atoms with Crippen LogP contribution >= 0.6 is 6.04 Å². The molecule has 0 radical (unpaired) electrons. The van der Waals surface area contributed by atoms with Crippen LogP contribution in [-0.2, 0) is 11.8 Å². The Morgan fingerprint density at radius 3 is 1.63 bits per heavy atom. The molecule has 5 heteroatoms. The first-order valence-corrected chi connectivity index (χ1v) is 18.0. The van der Waals surface area contributed by atoms with Gasteiger partial charge in [0.1, 0.15) is 23.0 Å². The Hall–Kier alpha value is -5.28. The van der Waals surface area contributed by atoms with Crippen LogP contribution in [0, 0.1) is 0 Å². The molecule has 0 N–H and O–H groups in total. The molecule has 1 atom stereocenters. The molecular weight excluding hydrogens is 601 g/mol. The zero-order valence-electron chi connectivity index (χ0n) is 24.6. The standard InChI is InChI=1S/C41H26NO2PS/c46-45-38-18-14-31(27-8-3-1-4-9-27)25-36(38)43-35-17-16-34(33-13-7-12-30(24-33)29-20-22-42-23-21-29)40(41(35)45)44-37-26-32(15-19-39(37)45)28-10-5-2-6-11-28/h1-26H. The van der Waals surface area contributed by atoms with Crippen LogP contribution in [0.15, 0.2) is 158 Å². The predicted octanol–water partition coefficient (Wildman–Crippen LogP) is 9.72. The molecule has 2 aliphatic rings. The van der Waals surface area contributed by atoms with Crippen molar-refractivity contribution in [2.75, 3.05) is 0 Å². The lowest BCUT2D eigenvalue weighted by molar-refractivity contribution is 0.468. The second kappa shape index (κ2) is 10.7. The number of hydrogen-bond acceptors (Lipinski definition) is 4. The number of rotatable bonds is 4. The average Bonchev–Trinajstić information content (AvgIpc) is 3.12. The van der Waals surface area contributed by atoms with E-state index in [0.29, 0.717) is 0 Å². The lowest BCUT2D eigenvalue weighted by Gasteiger charge is -2.38. The molecule has 3 heterocycles. The van der Waals surface area contributed by atoms with E-state index in [-0.39, 0.29) is 0 Å². The molecule has 3 nitrogen and oxygen atoms in total. The number of hydrogen-bond donors (Lipinski definition) is 0. The van der Waals surface area contributed by atoms with Crippen molar-refractivity contribution in [2.45, 2.75) is 0 Å². The summed E-state index contributed by atoms with van der Waals surface area (Å²) in [6.07, 6.45) is 3.64. The van der Waals surface area contributed by atoms with Gasteiger partial charge in [-0.2, -0.15) is 0 Å². The van der Waals surface area contributed by atoms with Gasteiger partial charge < -0.3 is 9.47 Å². The predicted molar refractivity (Wildman–Crippen MR) is 192 cm³/mol. The average molecular weight is 628 g/mol. The molecule has 0 aliphatic carbocycles. The van der Waals surface area contributed by atoms with Gasteiger partial charge in [-0.1, -0.05) is 103 Å². The Morgan fingerprint density at radius 1 is 0.435 bits per heavy atom. The minimum atomic E-state index is -2.58. The normalized spacial score (nSPS) is 15.5. The maximum Gasteiger partial charge on any atom is 0.148 e. The Labute approximate surface area is 272 Å². The van der Waals surface area contributed by atoms with E-state index in [1.807, 2.05) is 36.7 Å². The second-order valence-electron chi connectivity index (χ2n) is 11.5. The van der Waals surface area contributed by atoms with Crippen LogP contribution < -0.4 is 25.4 Å². The second-order valence-corrected chi connectivity index (χ2v) is 15.8. The van der Waals surface area contributed by atoms with E-state index in [2.05, 4.69) is 126 Å². The van der Waals surface area contributed by atoms with E-state index in [9.17, 15) is 0 Å². The van der Waals surface area contributed by atoms with Crippen molar-refractivity contribution in [3.63, 3.8) is 0 Å². The molecular formula is C41H26NO2PS. The summed E-state index contributed by atoms with van der Waals surface area (Å²) in [5, 5.41) is 3.08. The maximum absolute atomic E-state index is 6.96. The van der Waals surface area contributed by atoms with E-state index in [0.717, 1.165) is 83.4 Å². The fourth-order valence-corrected chi connectivity index (χ4v) is 11.1. The van der Waals surface area contributed by atoms with Crippen molar-refractivity contribution in [3.05, 3.63) is 158 Å². The molecule has 6 aromatic carbocycles. The largest absolute Gasteiger partial charge is 0.456 e. The van der Waals surface area contributed by atoms with Gasteiger partial charge in [0.25, 0.3) is 0 Å². The summed E-state index contributed by atoms with van der Waals surface area (Å²) in [6, 6.07) is 48.0. The quantitative estimate of drug-likeness (QED) is 0.182. The third-order valence-corrected chi connectivity index (χ3v) is 13.7. The van der Waals surface area contributed by atoms with Gasteiger partial charge in [0, 0.05) is 28.6 Å². The Balaban J connectivity index is 1.27. The number of ether oxygens (including phenoxy) is 2. The molecule has 1 unspecified atom stereocenters. The Morgan fingerprint density at radius 2 is 0.978 bits per heavy atom. The van der Waals surface area contributed by atoms with Gasteiger partial charge in [-0.25, -0.2) is 0 Å². The van der Waals surface area contributed by atoms with Crippen molar-refractivity contribution >= 4 is 33.8 Å². The van der Waals surface area contributed by atoms with Crippen molar-refractivity contribution in [3.8, 4) is 67.5 Å². The number of benzene rings is 6. The zero-order valence-corrected chi connectivity index (χ0v) is 26.3. The highest BCUT2D eigenvalue weighted by Crippen LogP contribution is 2.60. The van der Waals surface area contributed by atoms with E-state index in [1.54, 1.807) is 0 Å². The number of fused-ring (bicyclic) bond motifs is 4. The molecule has 7 aromatic rings. The molecule has 0 saturated heterocycles. The van der Waals surface area contributed by atoms with E-state index < -0.39 is 6.04 Å². The summed E-state index contributed by atoms with van der Waals surface area (Å²) in [5.74, 6) is 3.17. The molecule has 0 saturated carbocycles. The highest BCUT2D eigenvalue weighted by atomic mass is 32.4. The first-order valence-electron chi connectivity index (χ1n) is 15.2. The van der Waals surface area contributed by atoms with Gasteiger partial charge in [0.2, 0.25) is 0 Å². The molecule has 0 amide bonds. The zero-order chi connectivity index (χ0) is 30.7. The summed E-state index contributed by atoms with van der Waals surface area (Å²) in [7, 11) is 0. The maximum atomic E-state index is 6.96. The first-order chi connectivity index (χ1) is 22.7. The summed E-state index contributed by atoms with van der Waals surface area (Å²) in [6.45, 7) is 0. The van der Waals surface area contributed by atoms with E-state index in [1.165, 1.54) is 0 Å². The van der Waals surface area contributed by atoms with Gasteiger partial charge in [-0.15, -0.1) is 0 Å². The number of aromatic nitrogens is 1. The molecule has 2 aliphatic heterocycles. The fraction of sp³-hybridized carbons (Fsp3) is 0. The van der Waals surface area contributed by atoms with Crippen LogP contribution in [0.3, 0.4) is 0 Å². The van der Waals surface area contributed by atoms with Crippen molar-refractivity contribution in [1.82, 2.24) is 4.98 Å². The topological polar surface area (TPSA) is 31.4 Å². The van der Waals surface area contributed by atoms with Gasteiger partial charge in [0.05, 0.1) is 11.3 Å². The number of nitrogens with zero attached hydrogens (tertiary/aromatic N) is 1. The van der Waals surface area contributed by atoms with Crippen LogP contribution in [-0.4, -0.2) is 4.98 Å². The van der Waals surface area contributed by atoms with Gasteiger partial charge >= 0.3 is 0 Å². The SMILES string of the molecule is S=P12c3ccc(-c4ccccc4)cc3Oc3ccc(-c4cccc(-c5ccncc5)c4)c(c31)Oc1cc(-c3ccccc3)ccc12. The van der Waals surface area contributed by atoms with Crippen LogP contribution in [0.2, 0.25) is 0 Å². The molecule has 9 rings (SSSR count). The molecule has 46 heavy (non-hydrogen) atoms. The summed E-state index contributed by atoms with van der Waals surface area (Å²) in [5.41, 5.74) is 8.74. The third kappa shape index (κ3) is 4.26. The molecule has 0 spiro atoms. The van der Waals surface area contributed by atoms with Crippen LogP contribution in [0.25, 0.3) is 44.5 Å². The van der Waals surface area contributed by atoms with Gasteiger partial charge in [-0.3, -0.25) is 4.98 Å². The fourth-order valence-electron chi connectivity index (χ4n) is 6.61. The molecule has 1 aromatic heterocycles. The van der Waals surface area contributed by atoms with Crippen LogP contribution in [0.1, 0.15) is 0 Å². The molecule has 0 bridgehead atoms. The minimum Gasteiger partial charge on any atom is -0.456 e. The van der Waals surface area contributed by atoms with Crippen molar-refractivity contribution in [1.29, 1.82) is 0 Å². The van der Waals surface area contributed by atoms with Gasteiger partial charge in [0.15, 0.2) is 0 Å². The smallest absolute Gasteiger partial charge is 0.148 e. The van der Waals surface area contributed by atoms with Crippen molar-refractivity contribution < 1.29 is 9.47 Å². The summed E-state index contributed by atoms with van der Waals surface area (Å²) < 4.78 is 13.7. The van der Waals surface area contributed by atoms with E-state index in [4.69, 9.17) is 21.3 Å². The van der Waals surface area contributed by atoms with E-state index >= 15 is 0 Å². The monoisotopic (exact) mass is 627 g/mol. The van der Waals surface area contributed by atoms with Crippen LogP contribution in [0.4, 0.5) is 0 Å². The van der Waals surface area contributed by atoms with Gasteiger partial charge in [-0.05, 0) is 93.5 Å². The Bertz CT molecular complexity index is 2320.